The van der Waals surface area contributed by atoms with Crippen LogP contribution < -0.4 is 5.32 Å². The molecule has 0 radical (unpaired) electrons. The Bertz CT molecular complexity index is 685. The average molecular weight is 331 g/mol. The van der Waals surface area contributed by atoms with E-state index in [0.29, 0.717) is 37.7 Å². The number of nitrogens with one attached hydrogen (secondary N) is 1. The number of hydrogen-bond donors (Lipinski definition) is 1. The van der Waals surface area contributed by atoms with Crippen molar-refractivity contribution in [1.82, 2.24) is 9.80 Å². The Morgan fingerprint density at radius 2 is 1.96 bits per heavy atom. The summed E-state index contributed by atoms with van der Waals surface area (Å²) in [6.07, 6.45) is 4.37. The van der Waals surface area contributed by atoms with E-state index >= 15 is 0 Å². The van der Waals surface area contributed by atoms with Gasteiger partial charge in [0, 0.05) is 31.2 Å². The van der Waals surface area contributed by atoms with E-state index in [4.69, 9.17) is 0 Å². The number of halogens is 1. The van der Waals surface area contributed by atoms with Crippen molar-refractivity contribution in [3.05, 3.63) is 29.1 Å². The minimum Gasteiger partial charge on any atom is -0.337 e. The third-order valence-electron chi connectivity index (χ3n) is 5.43. The summed E-state index contributed by atoms with van der Waals surface area (Å²) >= 11 is 0. The summed E-state index contributed by atoms with van der Waals surface area (Å²) in [7, 11) is 0. The molecule has 1 N–H and O–H groups in total. The molecule has 0 spiro atoms. The van der Waals surface area contributed by atoms with Crippen LogP contribution in [0.25, 0.3) is 0 Å². The van der Waals surface area contributed by atoms with Crippen LogP contribution >= 0.6 is 0 Å². The largest absolute Gasteiger partial charge is 0.337 e. The Hall–Kier alpha value is -1.95. The second-order valence-electron chi connectivity index (χ2n) is 6.97. The van der Waals surface area contributed by atoms with Crippen molar-refractivity contribution < 1.29 is 14.0 Å². The molecule has 3 heterocycles. The standard InChI is InChI=1S/C18H22FN3O2/c19-15-10-16-12(3-4-17(23)20-16)9-14(15)18(24)22-8-5-13(11-22)21-6-1-2-7-21/h9-10,13H,1-8,11H2,(H,20,23). The molecule has 1 atom stereocenters. The van der Waals surface area contributed by atoms with E-state index in [0.717, 1.165) is 25.1 Å². The molecule has 2 saturated heterocycles. The first kappa shape index (κ1) is 15.6. The number of carbonyl (C=O) groups excluding carboxylic acids is 2. The maximum Gasteiger partial charge on any atom is 0.256 e. The van der Waals surface area contributed by atoms with Gasteiger partial charge in [0.15, 0.2) is 0 Å². The molecular weight excluding hydrogens is 309 g/mol. The quantitative estimate of drug-likeness (QED) is 0.902. The Morgan fingerprint density at radius 1 is 1.17 bits per heavy atom. The molecule has 0 saturated carbocycles. The zero-order chi connectivity index (χ0) is 16.7. The summed E-state index contributed by atoms with van der Waals surface area (Å²) in [6.45, 7) is 3.60. The van der Waals surface area contributed by atoms with Gasteiger partial charge in [0.25, 0.3) is 5.91 Å². The van der Waals surface area contributed by atoms with Gasteiger partial charge in [0.05, 0.1) is 5.56 Å². The van der Waals surface area contributed by atoms with Crippen LogP contribution in [0.3, 0.4) is 0 Å². The highest BCUT2D eigenvalue weighted by Crippen LogP contribution is 2.28. The lowest BCUT2D eigenvalue weighted by atomic mass is 9.99. The zero-order valence-electron chi connectivity index (χ0n) is 13.7. The van der Waals surface area contributed by atoms with E-state index in [2.05, 4.69) is 10.2 Å². The molecule has 3 aliphatic rings. The molecule has 5 nitrogen and oxygen atoms in total. The van der Waals surface area contributed by atoms with Crippen LogP contribution in [-0.2, 0) is 11.2 Å². The van der Waals surface area contributed by atoms with Gasteiger partial charge >= 0.3 is 0 Å². The van der Waals surface area contributed by atoms with Crippen LogP contribution in [0.5, 0.6) is 0 Å². The number of nitrogens with zero attached hydrogens (tertiary/aromatic N) is 2. The van der Waals surface area contributed by atoms with E-state index in [1.54, 1.807) is 11.0 Å². The second-order valence-corrected chi connectivity index (χ2v) is 6.97. The molecule has 4 rings (SSSR count). The van der Waals surface area contributed by atoms with Crippen LogP contribution in [0.4, 0.5) is 10.1 Å². The Morgan fingerprint density at radius 3 is 2.75 bits per heavy atom. The Kier molecular flexibility index (Phi) is 4.00. The van der Waals surface area contributed by atoms with Crippen LogP contribution in [0.2, 0.25) is 0 Å². The fourth-order valence-corrected chi connectivity index (χ4v) is 4.07. The predicted octanol–water partition coefficient (Wildman–Crippen LogP) is 2.02. The number of rotatable bonds is 2. The molecule has 3 aliphatic heterocycles. The molecule has 1 unspecified atom stereocenters. The number of carbonyl (C=O) groups is 2. The number of anilines is 1. The first-order valence-electron chi connectivity index (χ1n) is 8.77. The lowest BCUT2D eigenvalue weighted by Crippen LogP contribution is -2.37. The first-order chi connectivity index (χ1) is 11.6. The Balaban J connectivity index is 1.51. The smallest absolute Gasteiger partial charge is 0.256 e. The first-order valence-corrected chi connectivity index (χ1v) is 8.77. The third-order valence-corrected chi connectivity index (χ3v) is 5.43. The number of likely N-dealkylation sites (tertiary alicyclic amines) is 2. The number of amides is 2. The normalized spacial score (nSPS) is 24.1. The van der Waals surface area contributed by atoms with Crippen molar-refractivity contribution in [3.63, 3.8) is 0 Å². The lowest BCUT2D eigenvalue weighted by molar-refractivity contribution is -0.116. The van der Waals surface area contributed by atoms with Crippen LogP contribution in [0.1, 0.15) is 41.6 Å². The minimum atomic E-state index is -0.550. The molecule has 128 valence electrons. The van der Waals surface area contributed by atoms with Crippen molar-refractivity contribution in [2.24, 2.45) is 0 Å². The van der Waals surface area contributed by atoms with Crippen LogP contribution in [0.15, 0.2) is 12.1 Å². The van der Waals surface area contributed by atoms with Crippen LogP contribution in [-0.4, -0.2) is 53.8 Å². The molecule has 2 amide bonds. The summed E-state index contributed by atoms with van der Waals surface area (Å²) in [5, 5.41) is 2.67. The van der Waals surface area contributed by atoms with E-state index in [9.17, 15) is 14.0 Å². The van der Waals surface area contributed by atoms with Gasteiger partial charge in [-0.2, -0.15) is 0 Å². The van der Waals surface area contributed by atoms with Crippen LogP contribution in [0, 0.1) is 5.82 Å². The molecule has 1 aromatic rings. The highest BCUT2D eigenvalue weighted by molar-refractivity contribution is 5.98. The molecule has 6 heteroatoms. The predicted molar refractivity (Wildman–Crippen MR) is 88.5 cm³/mol. The lowest BCUT2D eigenvalue weighted by Gasteiger charge is -2.24. The summed E-state index contributed by atoms with van der Waals surface area (Å²) in [6, 6.07) is 3.32. The molecule has 0 aromatic heterocycles. The van der Waals surface area contributed by atoms with E-state index in [1.807, 2.05) is 0 Å². The summed E-state index contributed by atoms with van der Waals surface area (Å²) < 4.78 is 14.4. The molecule has 24 heavy (non-hydrogen) atoms. The number of benzene rings is 1. The van der Waals surface area contributed by atoms with Gasteiger partial charge in [-0.15, -0.1) is 0 Å². The fraction of sp³-hybridized carbons (Fsp3) is 0.556. The van der Waals surface area contributed by atoms with Gasteiger partial charge in [-0.25, -0.2) is 4.39 Å². The van der Waals surface area contributed by atoms with Gasteiger partial charge in [0.1, 0.15) is 5.82 Å². The number of hydrogen-bond acceptors (Lipinski definition) is 3. The number of aryl methyl sites for hydroxylation is 1. The maximum absolute atomic E-state index is 14.4. The molecule has 1 aromatic carbocycles. The van der Waals surface area contributed by atoms with Crippen molar-refractivity contribution in [1.29, 1.82) is 0 Å². The van der Waals surface area contributed by atoms with E-state index < -0.39 is 5.82 Å². The van der Waals surface area contributed by atoms with E-state index in [1.165, 1.54) is 18.9 Å². The van der Waals surface area contributed by atoms with Gasteiger partial charge in [-0.3, -0.25) is 14.5 Å². The van der Waals surface area contributed by atoms with Crippen molar-refractivity contribution in [3.8, 4) is 0 Å². The van der Waals surface area contributed by atoms with E-state index in [-0.39, 0.29) is 17.4 Å². The highest BCUT2D eigenvalue weighted by atomic mass is 19.1. The minimum absolute atomic E-state index is 0.103. The van der Waals surface area contributed by atoms with Crippen molar-refractivity contribution in [2.45, 2.75) is 38.1 Å². The van der Waals surface area contributed by atoms with Gasteiger partial charge in [0.2, 0.25) is 5.91 Å². The monoisotopic (exact) mass is 331 g/mol. The summed E-state index contributed by atoms with van der Waals surface area (Å²) in [5.74, 6) is -0.881. The maximum atomic E-state index is 14.4. The topological polar surface area (TPSA) is 52.7 Å². The SMILES string of the molecule is O=C1CCc2cc(C(=O)N3CCC(N4CCCC4)C3)c(F)cc2N1. The zero-order valence-corrected chi connectivity index (χ0v) is 13.7. The summed E-state index contributed by atoms with van der Waals surface area (Å²) in [5.41, 5.74) is 1.47. The second kappa shape index (κ2) is 6.16. The Labute approximate surface area is 140 Å². The molecule has 0 bridgehead atoms. The van der Waals surface area contributed by atoms with Crippen molar-refractivity contribution in [2.75, 3.05) is 31.5 Å². The highest BCUT2D eigenvalue weighted by Gasteiger charge is 2.33. The molecule has 2 fully saturated rings. The van der Waals surface area contributed by atoms with Gasteiger partial charge in [-0.1, -0.05) is 0 Å². The fourth-order valence-electron chi connectivity index (χ4n) is 4.07. The summed E-state index contributed by atoms with van der Waals surface area (Å²) in [4.78, 5) is 28.4. The number of fused-ring (bicyclic) bond motifs is 1. The van der Waals surface area contributed by atoms with Gasteiger partial charge < -0.3 is 10.2 Å². The van der Waals surface area contributed by atoms with Gasteiger partial charge in [-0.05, 0) is 56.5 Å². The molecule has 0 aliphatic carbocycles. The molecular formula is C18H22FN3O2. The third kappa shape index (κ3) is 2.79. The van der Waals surface area contributed by atoms with Crippen molar-refractivity contribution >= 4 is 17.5 Å². The average Bonchev–Trinajstić information content (AvgIpc) is 3.24.